The maximum Gasteiger partial charge on any atom is 0.407 e. The normalized spacial score (nSPS) is 11.4. The third-order valence-corrected chi connectivity index (χ3v) is 5.05. The number of hydrogen-bond donors (Lipinski definition) is 2. The molecular weight excluding hydrogens is 374 g/mol. The number of hydrogen-bond acceptors (Lipinski definition) is 4. The van der Waals surface area contributed by atoms with Gasteiger partial charge in [-0.15, -0.1) is 0 Å². The van der Waals surface area contributed by atoms with Gasteiger partial charge in [-0.05, 0) is 40.5 Å². The van der Waals surface area contributed by atoms with Crippen LogP contribution in [-0.4, -0.2) is 19.2 Å². The molecule has 0 spiro atoms. The van der Waals surface area contributed by atoms with Gasteiger partial charge in [0.1, 0.15) is 12.7 Å². The number of nitrogens with zero attached hydrogens (tertiary/aromatic N) is 1. The highest BCUT2D eigenvalue weighted by Crippen LogP contribution is 2.44. The first kappa shape index (κ1) is 19.1. The first-order valence-electron chi connectivity index (χ1n) is 9.54. The van der Waals surface area contributed by atoms with Crippen LogP contribution in [0.2, 0.25) is 0 Å². The van der Waals surface area contributed by atoms with E-state index in [1.54, 1.807) is 18.2 Å². The van der Waals surface area contributed by atoms with Crippen molar-refractivity contribution in [2.24, 2.45) is 0 Å². The van der Waals surface area contributed by atoms with Crippen LogP contribution in [0.25, 0.3) is 11.1 Å². The second kappa shape index (κ2) is 8.43. The number of nitriles is 1. The number of benzene rings is 3. The van der Waals surface area contributed by atoms with Crippen molar-refractivity contribution in [2.75, 3.05) is 18.9 Å². The Morgan fingerprint density at radius 2 is 1.67 bits per heavy atom. The standard InChI is InChI=1S/C25H19N3O2/c26-15-18-11-12-19(27)14-17(18)6-5-13-28-25(29)30-16-24-22-9-3-1-7-20(22)21-8-2-4-10-23(21)24/h1-4,7-12,14,24H,13,16,27H2,(H,28,29). The molecule has 0 fully saturated rings. The minimum absolute atomic E-state index is 0.0136. The Hall–Kier alpha value is -4.22. The topological polar surface area (TPSA) is 88.1 Å². The van der Waals surface area contributed by atoms with Gasteiger partial charge in [-0.3, -0.25) is 0 Å². The summed E-state index contributed by atoms with van der Waals surface area (Å²) < 4.78 is 5.47. The van der Waals surface area contributed by atoms with Crippen LogP contribution in [0.3, 0.4) is 0 Å². The van der Waals surface area contributed by atoms with Crippen molar-refractivity contribution in [3.05, 3.63) is 89.0 Å². The molecular formula is C25H19N3O2. The zero-order valence-electron chi connectivity index (χ0n) is 16.2. The van der Waals surface area contributed by atoms with Crippen LogP contribution in [0, 0.1) is 23.2 Å². The van der Waals surface area contributed by atoms with Crippen LogP contribution in [-0.2, 0) is 4.74 Å². The van der Waals surface area contributed by atoms with Gasteiger partial charge < -0.3 is 15.8 Å². The maximum absolute atomic E-state index is 12.1. The van der Waals surface area contributed by atoms with Crippen LogP contribution in [0.1, 0.15) is 28.2 Å². The van der Waals surface area contributed by atoms with Crippen molar-refractivity contribution < 1.29 is 9.53 Å². The minimum Gasteiger partial charge on any atom is -0.449 e. The molecule has 0 atom stereocenters. The van der Waals surface area contributed by atoms with E-state index in [1.807, 2.05) is 24.3 Å². The summed E-state index contributed by atoms with van der Waals surface area (Å²) in [4.78, 5) is 12.1. The average Bonchev–Trinajstić information content (AvgIpc) is 3.09. The summed E-state index contributed by atoms with van der Waals surface area (Å²) in [7, 11) is 0. The molecule has 146 valence electrons. The largest absolute Gasteiger partial charge is 0.449 e. The van der Waals surface area contributed by atoms with Gasteiger partial charge in [-0.1, -0.05) is 60.4 Å². The molecule has 3 N–H and O–H groups in total. The third-order valence-electron chi connectivity index (χ3n) is 5.05. The van der Waals surface area contributed by atoms with Crippen molar-refractivity contribution in [3.63, 3.8) is 0 Å². The van der Waals surface area contributed by atoms with Crippen molar-refractivity contribution >= 4 is 11.8 Å². The summed E-state index contributed by atoms with van der Waals surface area (Å²) in [5, 5.41) is 11.7. The average molecular weight is 393 g/mol. The van der Waals surface area contributed by atoms with E-state index in [-0.39, 0.29) is 19.1 Å². The smallest absolute Gasteiger partial charge is 0.407 e. The second-order valence-electron chi connectivity index (χ2n) is 6.90. The molecule has 30 heavy (non-hydrogen) atoms. The lowest BCUT2D eigenvalue weighted by Gasteiger charge is -2.14. The molecule has 0 heterocycles. The summed E-state index contributed by atoms with van der Waals surface area (Å²) in [5.41, 5.74) is 11.9. The van der Waals surface area contributed by atoms with E-state index in [4.69, 9.17) is 15.7 Å². The molecule has 3 aromatic rings. The molecule has 0 radical (unpaired) electrons. The molecule has 0 saturated carbocycles. The van der Waals surface area contributed by atoms with E-state index in [0.717, 1.165) is 11.1 Å². The minimum atomic E-state index is -0.528. The molecule has 1 aliphatic carbocycles. The monoisotopic (exact) mass is 393 g/mol. The number of alkyl carbamates (subject to hydrolysis) is 1. The van der Waals surface area contributed by atoms with Crippen LogP contribution in [0.15, 0.2) is 66.7 Å². The zero-order valence-corrected chi connectivity index (χ0v) is 16.2. The van der Waals surface area contributed by atoms with E-state index >= 15 is 0 Å². The number of carbonyl (C=O) groups is 1. The van der Waals surface area contributed by atoms with Gasteiger partial charge in [0, 0.05) is 17.2 Å². The van der Waals surface area contributed by atoms with E-state index in [9.17, 15) is 4.79 Å². The number of fused-ring (bicyclic) bond motifs is 3. The lowest BCUT2D eigenvalue weighted by Crippen LogP contribution is -2.26. The summed E-state index contributed by atoms with van der Waals surface area (Å²) in [6.45, 7) is 0.359. The van der Waals surface area contributed by atoms with Gasteiger partial charge in [-0.2, -0.15) is 5.26 Å². The lowest BCUT2D eigenvalue weighted by molar-refractivity contribution is 0.144. The maximum atomic E-state index is 12.1. The van der Waals surface area contributed by atoms with Crippen molar-refractivity contribution in [3.8, 4) is 29.0 Å². The molecule has 3 aromatic carbocycles. The number of ether oxygens (including phenoxy) is 1. The highest BCUT2D eigenvalue weighted by Gasteiger charge is 2.28. The van der Waals surface area contributed by atoms with E-state index in [2.05, 4.69) is 47.5 Å². The van der Waals surface area contributed by atoms with Crippen molar-refractivity contribution in [2.45, 2.75) is 5.92 Å². The number of carbonyl (C=O) groups excluding carboxylic acids is 1. The van der Waals surface area contributed by atoms with Crippen molar-refractivity contribution in [1.82, 2.24) is 5.32 Å². The van der Waals surface area contributed by atoms with Crippen LogP contribution in [0.5, 0.6) is 0 Å². The molecule has 0 bridgehead atoms. The number of nitrogens with two attached hydrogens (primary N) is 1. The predicted octanol–water partition coefficient (Wildman–Crippen LogP) is 4.03. The van der Waals surface area contributed by atoms with E-state index in [0.29, 0.717) is 16.8 Å². The summed E-state index contributed by atoms with van der Waals surface area (Å²) in [6.07, 6.45) is -0.528. The quantitative estimate of drug-likeness (QED) is 0.519. The summed E-state index contributed by atoms with van der Waals surface area (Å²) in [6, 6.07) is 23.3. The van der Waals surface area contributed by atoms with Gasteiger partial charge in [-0.25, -0.2) is 4.79 Å². The summed E-state index contributed by atoms with van der Waals surface area (Å²) in [5.74, 6) is 5.70. The van der Waals surface area contributed by atoms with Crippen LogP contribution < -0.4 is 11.1 Å². The molecule has 1 aliphatic rings. The highest BCUT2D eigenvalue weighted by atomic mass is 16.5. The van der Waals surface area contributed by atoms with E-state index < -0.39 is 6.09 Å². The molecule has 1 amide bonds. The Morgan fingerprint density at radius 3 is 2.33 bits per heavy atom. The molecule has 0 unspecified atom stereocenters. The fraction of sp³-hybridized carbons (Fsp3) is 0.120. The SMILES string of the molecule is N#Cc1ccc(N)cc1C#CCNC(=O)OCC1c2ccccc2-c2ccccc21. The van der Waals surface area contributed by atoms with Gasteiger partial charge in [0.2, 0.25) is 0 Å². The molecule has 5 heteroatoms. The number of anilines is 1. The van der Waals surface area contributed by atoms with Gasteiger partial charge in [0.15, 0.2) is 0 Å². The molecule has 0 aromatic heterocycles. The number of nitrogens with one attached hydrogen (secondary N) is 1. The molecule has 0 saturated heterocycles. The molecule has 4 rings (SSSR count). The number of amides is 1. The van der Waals surface area contributed by atoms with Crippen LogP contribution in [0.4, 0.5) is 10.5 Å². The Bertz CT molecular complexity index is 1170. The Kier molecular flexibility index (Phi) is 5.37. The second-order valence-corrected chi connectivity index (χ2v) is 6.90. The molecule has 5 nitrogen and oxygen atoms in total. The Labute approximate surface area is 175 Å². The van der Waals surface area contributed by atoms with Gasteiger partial charge >= 0.3 is 6.09 Å². The third kappa shape index (κ3) is 3.83. The fourth-order valence-electron chi connectivity index (χ4n) is 3.67. The lowest BCUT2D eigenvalue weighted by atomic mass is 9.98. The first-order valence-corrected chi connectivity index (χ1v) is 9.54. The highest BCUT2D eigenvalue weighted by molar-refractivity contribution is 5.79. The number of rotatable bonds is 3. The van der Waals surface area contributed by atoms with Gasteiger partial charge in [0.05, 0.1) is 12.1 Å². The predicted molar refractivity (Wildman–Crippen MR) is 116 cm³/mol. The zero-order chi connectivity index (χ0) is 20.9. The van der Waals surface area contributed by atoms with Gasteiger partial charge in [0.25, 0.3) is 0 Å². The van der Waals surface area contributed by atoms with E-state index in [1.165, 1.54) is 11.1 Å². The summed E-state index contributed by atoms with van der Waals surface area (Å²) >= 11 is 0. The Morgan fingerprint density at radius 1 is 1.00 bits per heavy atom. The van der Waals surface area contributed by atoms with Crippen molar-refractivity contribution in [1.29, 1.82) is 5.26 Å². The molecule has 0 aliphatic heterocycles. The Balaban J connectivity index is 1.37. The number of nitrogen functional groups attached to an aromatic ring is 1. The van der Waals surface area contributed by atoms with Crippen LogP contribution >= 0.6 is 0 Å². The fourth-order valence-corrected chi connectivity index (χ4v) is 3.67. The first-order chi connectivity index (χ1) is 14.7.